The second-order valence-corrected chi connectivity index (χ2v) is 5.25. The van der Waals surface area contributed by atoms with Crippen LogP contribution in [-0.4, -0.2) is 0 Å². The molecule has 0 aromatic heterocycles. The van der Waals surface area contributed by atoms with Crippen molar-refractivity contribution in [2.24, 2.45) is 0 Å². The maximum absolute atomic E-state index is 2.32. The summed E-state index contributed by atoms with van der Waals surface area (Å²) >= 11 is 0. The summed E-state index contributed by atoms with van der Waals surface area (Å²) < 4.78 is 0. The zero-order valence-corrected chi connectivity index (χ0v) is 9.82. The summed E-state index contributed by atoms with van der Waals surface area (Å²) in [6.07, 6.45) is 3.39. The van der Waals surface area contributed by atoms with E-state index in [-0.39, 0.29) is 0 Å². The van der Waals surface area contributed by atoms with Gasteiger partial charge in [0.05, 0.1) is 0 Å². The highest BCUT2D eigenvalue weighted by Crippen LogP contribution is 2.35. The fourth-order valence-electron chi connectivity index (χ4n) is 1.97. The molecule has 1 aliphatic rings. The van der Waals surface area contributed by atoms with Crippen molar-refractivity contribution in [1.29, 1.82) is 0 Å². The minimum Gasteiger partial charge on any atom is -0.0622 e. The van der Waals surface area contributed by atoms with Crippen LogP contribution >= 0.6 is 8.58 Å². The Bertz CT molecular complexity index is 526. The van der Waals surface area contributed by atoms with E-state index in [0.717, 1.165) is 6.42 Å². The van der Waals surface area contributed by atoms with Gasteiger partial charge in [0.25, 0.3) is 0 Å². The molecule has 0 spiro atoms. The predicted molar refractivity (Wildman–Crippen MR) is 71.1 cm³/mol. The first kappa shape index (κ1) is 9.81. The zero-order valence-electron chi connectivity index (χ0n) is 8.93. The second-order valence-electron chi connectivity index (χ2n) is 3.97. The topological polar surface area (TPSA) is 0 Å². The molecule has 16 heavy (non-hydrogen) atoms. The van der Waals surface area contributed by atoms with Gasteiger partial charge in [-0.15, -0.1) is 0 Å². The van der Waals surface area contributed by atoms with Gasteiger partial charge in [-0.3, -0.25) is 0 Å². The molecule has 77 valence electrons. The fourth-order valence-corrected chi connectivity index (χ4v) is 3.18. The Labute approximate surface area is 97.8 Å². The van der Waals surface area contributed by atoms with Crippen molar-refractivity contribution in [3.8, 4) is 0 Å². The molecule has 0 N–H and O–H groups in total. The van der Waals surface area contributed by atoms with Gasteiger partial charge in [-0.05, 0) is 42.8 Å². The molecule has 0 saturated carbocycles. The van der Waals surface area contributed by atoms with E-state index in [1.165, 1.54) is 30.3 Å². The maximum atomic E-state index is 2.32. The van der Waals surface area contributed by atoms with Gasteiger partial charge in [0.15, 0.2) is 0 Å². The molecule has 2 aromatic rings. The van der Waals surface area contributed by atoms with Gasteiger partial charge in [0.2, 0.25) is 0 Å². The standard InChI is InChI=1S/C15H12P/c1-2-6-12(7-3-1)10-14-11-13-8-4-5-9-15(13)16-14/h1-9,11H,10H2. The lowest BCUT2D eigenvalue weighted by atomic mass is 10.1. The molecule has 3 rings (SSSR count). The highest BCUT2D eigenvalue weighted by Gasteiger charge is 2.12. The van der Waals surface area contributed by atoms with Crippen molar-refractivity contribution in [3.63, 3.8) is 0 Å². The molecule has 0 saturated heterocycles. The molecule has 0 fully saturated rings. The second kappa shape index (κ2) is 4.23. The first-order valence-corrected chi connectivity index (χ1v) is 6.36. The Morgan fingerprint density at radius 3 is 2.38 bits per heavy atom. The summed E-state index contributed by atoms with van der Waals surface area (Å²) in [5.41, 5.74) is 2.78. The van der Waals surface area contributed by atoms with Crippen LogP contribution in [0, 0.1) is 0 Å². The average molecular weight is 223 g/mol. The summed E-state index contributed by atoms with van der Waals surface area (Å²) in [6.45, 7) is 0. The number of rotatable bonds is 2. The van der Waals surface area contributed by atoms with E-state index in [1.807, 2.05) is 0 Å². The lowest BCUT2D eigenvalue weighted by Crippen LogP contribution is -1.93. The summed E-state index contributed by atoms with van der Waals surface area (Å²) in [6, 6.07) is 19.3. The van der Waals surface area contributed by atoms with E-state index in [1.54, 1.807) is 0 Å². The van der Waals surface area contributed by atoms with E-state index in [0.29, 0.717) is 0 Å². The van der Waals surface area contributed by atoms with Gasteiger partial charge in [-0.25, -0.2) is 0 Å². The number of fused-ring (bicyclic) bond motifs is 1. The minimum atomic E-state index is 1.07. The molecule has 0 nitrogen and oxygen atoms in total. The van der Waals surface area contributed by atoms with Gasteiger partial charge < -0.3 is 0 Å². The summed E-state index contributed by atoms with van der Waals surface area (Å²) in [5, 5.41) is 2.93. The van der Waals surface area contributed by atoms with Crippen LogP contribution in [0.3, 0.4) is 0 Å². The van der Waals surface area contributed by atoms with Crippen molar-refractivity contribution in [3.05, 3.63) is 71.0 Å². The van der Waals surface area contributed by atoms with Gasteiger partial charge in [-0.2, -0.15) is 0 Å². The monoisotopic (exact) mass is 223 g/mol. The Morgan fingerprint density at radius 2 is 1.56 bits per heavy atom. The fraction of sp³-hybridized carbons (Fsp3) is 0.0667. The maximum Gasteiger partial charge on any atom is -0.00144 e. The van der Waals surface area contributed by atoms with Crippen molar-refractivity contribution in [2.45, 2.75) is 6.42 Å². The molecule has 2 aromatic carbocycles. The third-order valence-corrected chi connectivity index (χ3v) is 3.97. The molecule has 1 radical (unpaired) electrons. The minimum absolute atomic E-state index is 1.07. The third-order valence-electron chi connectivity index (χ3n) is 2.75. The van der Waals surface area contributed by atoms with Crippen LogP contribution in [0.15, 0.2) is 59.9 Å². The summed E-state index contributed by atoms with van der Waals surface area (Å²) in [7, 11) is 1.37. The van der Waals surface area contributed by atoms with Gasteiger partial charge in [-0.1, -0.05) is 54.6 Å². The summed E-state index contributed by atoms with van der Waals surface area (Å²) in [5.74, 6) is 0. The Balaban J connectivity index is 1.81. The number of hydrogen-bond donors (Lipinski definition) is 0. The molecular weight excluding hydrogens is 211 g/mol. The largest absolute Gasteiger partial charge is 0.0622 e. The van der Waals surface area contributed by atoms with Crippen molar-refractivity contribution < 1.29 is 0 Å². The average Bonchev–Trinajstić information content (AvgIpc) is 2.72. The van der Waals surface area contributed by atoms with Crippen LogP contribution in [-0.2, 0) is 6.42 Å². The molecule has 0 aliphatic carbocycles. The Hall–Kier alpha value is -1.39. The van der Waals surface area contributed by atoms with Gasteiger partial charge >= 0.3 is 0 Å². The Kier molecular flexibility index (Phi) is 2.60. The van der Waals surface area contributed by atoms with E-state index < -0.39 is 0 Å². The van der Waals surface area contributed by atoms with Crippen molar-refractivity contribution in [2.75, 3.05) is 0 Å². The lowest BCUT2D eigenvalue weighted by molar-refractivity contribution is 1.26. The molecular formula is C15H12P. The van der Waals surface area contributed by atoms with Crippen LogP contribution in [0.5, 0.6) is 0 Å². The third kappa shape index (κ3) is 1.94. The SMILES string of the molecule is C1=C(Cc2ccccc2)[P]c2ccccc21. The number of hydrogen-bond acceptors (Lipinski definition) is 0. The van der Waals surface area contributed by atoms with Crippen molar-refractivity contribution >= 4 is 20.0 Å². The molecule has 0 bridgehead atoms. The van der Waals surface area contributed by atoms with Crippen LogP contribution in [0.25, 0.3) is 6.08 Å². The van der Waals surface area contributed by atoms with Gasteiger partial charge in [0.1, 0.15) is 0 Å². The first-order chi connectivity index (χ1) is 7.92. The smallest absolute Gasteiger partial charge is 0.00144 e. The molecule has 1 heterocycles. The highest BCUT2D eigenvalue weighted by atomic mass is 31.1. The lowest BCUT2D eigenvalue weighted by Gasteiger charge is -2.01. The molecule has 0 unspecified atom stereocenters. The number of benzene rings is 2. The van der Waals surface area contributed by atoms with E-state index >= 15 is 0 Å². The van der Waals surface area contributed by atoms with E-state index in [4.69, 9.17) is 0 Å². The normalized spacial score (nSPS) is 14.9. The van der Waals surface area contributed by atoms with Crippen LogP contribution < -0.4 is 5.30 Å². The quantitative estimate of drug-likeness (QED) is 0.678. The summed E-state index contributed by atoms with van der Waals surface area (Å²) in [4.78, 5) is 0. The molecule has 0 atom stereocenters. The first-order valence-electron chi connectivity index (χ1n) is 5.47. The van der Waals surface area contributed by atoms with Crippen LogP contribution in [0.2, 0.25) is 0 Å². The van der Waals surface area contributed by atoms with Gasteiger partial charge in [0, 0.05) is 0 Å². The van der Waals surface area contributed by atoms with Crippen molar-refractivity contribution in [1.82, 2.24) is 0 Å². The van der Waals surface area contributed by atoms with Crippen LogP contribution in [0.1, 0.15) is 11.1 Å². The van der Waals surface area contributed by atoms with E-state index in [2.05, 4.69) is 60.7 Å². The van der Waals surface area contributed by atoms with E-state index in [9.17, 15) is 0 Å². The Morgan fingerprint density at radius 1 is 0.812 bits per heavy atom. The molecule has 1 heteroatoms. The predicted octanol–water partition coefficient (Wildman–Crippen LogP) is 3.86. The number of allylic oxidation sites excluding steroid dienone is 1. The van der Waals surface area contributed by atoms with Crippen LogP contribution in [0.4, 0.5) is 0 Å². The molecule has 0 amide bonds. The highest BCUT2D eigenvalue weighted by molar-refractivity contribution is 7.53. The zero-order chi connectivity index (χ0) is 10.8. The molecule has 1 aliphatic heterocycles.